The Balaban J connectivity index is 2.27. The predicted octanol–water partition coefficient (Wildman–Crippen LogP) is 2.71. The van der Waals surface area contributed by atoms with Crippen LogP contribution in [-0.4, -0.2) is 5.78 Å². The highest BCUT2D eigenvalue weighted by Gasteiger charge is 2.42. The van der Waals surface area contributed by atoms with Crippen LogP contribution in [0.1, 0.15) is 39.0 Å². The van der Waals surface area contributed by atoms with Crippen molar-refractivity contribution in [3.05, 3.63) is 12.2 Å². The van der Waals surface area contributed by atoms with Crippen molar-refractivity contribution in [3.8, 4) is 0 Å². The van der Waals surface area contributed by atoms with E-state index >= 15 is 0 Å². The first-order valence-electron chi connectivity index (χ1n) is 4.93. The Kier molecular flexibility index (Phi) is 1.82. The Labute approximate surface area is 73.8 Å². The fourth-order valence-electron chi connectivity index (χ4n) is 2.51. The fourth-order valence-corrected chi connectivity index (χ4v) is 2.51. The molecule has 1 nitrogen and oxygen atoms in total. The molecule has 0 saturated heterocycles. The zero-order chi connectivity index (χ0) is 8.60. The lowest BCUT2D eigenvalue weighted by molar-refractivity contribution is -0.128. The smallest absolute Gasteiger partial charge is 0.139 e. The number of allylic oxidation sites excluding steroid dienone is 2. The third-order valence-electron chi connectivity index (χ3n) is 3.53. The molecule has 0 aliphatic heterocycles. The van der Waals surface area contributed by atoms with Crippen LogP contribution in [0.25, 0.3) is 0 Å². The minimum absolute atomic E-state index is 0.0174. The largest absolute Gasteiger partial charge is 0.299 e. The van der Waals surface area contributed by atoms with Crippen molar-refractivity contribution in [2.75, 3.05) is 0 Å². The summed E-state index contributed by atoms with van der Waals surface area (Å²) in [4.78, 5) is 11.8. The standard InChI is InChI=1S/C11H16O/c1-11-8-4-6-9(11)5-2-3-7-10(11)12/h4,6,9H,2-3,5,7-8H2,1H3. The molecule has 2 aliphatic carbocycles. The van der Waals surface area contributed by atoms with Crippen LogP contribution in [0.4, 0.5) is 0 Å². The predicted molar refractivity (Wildman–Crippen MR) is 48.8 cm³/mol. The van der Waals surface area contributed by atoms with Gasteiger partial charge in [0.25, 0.3) is 0 Å². The number of hydrogen-bond donors (Lipinski definition) is 0. The van der Waals surface area contributed by atoms with Gasteiger partial charge in [0.1, 0.15) is 5.78 Å². The maximum absolute atomic E-state index is 11.8. The number of ketones is 1. The Morgan fingerprint density at radius 2 is 2.33 bits per heavy atom. The maximum Gasteiger partial charge on any atom is 0.139 e. The van der Waals surface area contributed by atoms with Gasteiger partial charge in [-0.15, -0.1) is 0 Å². The minimum Gasteiger partial charge on any atom is -0.299 e. The van der Waals surface area contributed by atoms with Crippen LogP contribution in [0.3, 0.4) is 0 Å². The molecule has 0 aromatic carbocycles. The summed E-state index contributed by atoms with van der Waals surface area (Å²) in [5.74, 6) is 1.04. The lowest BCUT2D eigenvalue weighted by atomic mass is 9.75. The van der Waals surface area contributed by atoms with Crippen molar-refractivity contribution in [2.24, 2.45) is 11.3 Å². The van der Waals surface area contributed by atoms with E-state index in [9.17, 15) is 4.79 Å². The van der Waals surface area contributed by atoms with Gasteiger partial charge in [0.2, 0.25) is 0 Å². The Bertz CT molecular complexity index is 229. The third-order valence-corrected chi connectivity index (χ3v) is 3.53. The van der Waals surface area contributed by atoms with Crippen LogP contribution in [-0.2, 0) is 4.79 Å². The summed E-state index contributed by atoms with van der Waals surface area (Å²) >= 11 is 0. The second-order valence-electron chi connectivity index (χ2n) is 4.33. The Morgan fingerprint density at radius 1 is 1.50 bits per heavy atom. The Hall–Kier alpha value is -0.590. The normalized spacial score (nSPS) is 41.1. The van der Waals surface area contributed by atoms with E-state index in [0.29, 0.717) is 11.7 Å². The molecule has 12 heavy (non-hydrogen) atoms. The van der Waals surface area contributed by atoms with Gasteiger partial charge in [0, 0.05) is 11.8 Å². The molecule has 0 aromatic heterocycles. The highest BCUT2D eigenvalue weighted by Crippen LogP contribution is 2.44. The van der Waals surface area contributed by atoms with Crippen LogP contribution in [0.5, 0.6) is 0 Å². The van der Waals surface area contributed by atoms with E-state index in [1.54, 1.807) is 0 Å². The molecular formula is C11H16O. The average molecular weight is 164 g/mol. The highest BCUT2D eigenvalue weighted by atomic mass is 16.1. The quantitative estimate of drug-likeness (QED) is 0.503. The molecule has 2 atom stereocenters. The molecule has 0 aromatic rings. The molecule has 0 radical (unpaired) electrons. The van der Waals surface area contributed by atoms with Gasteiger partial charge < -0.3 is 0 Å². The summed E-state index contributed by atoms with van der Waals surface area (Å²) in [5, 5.41) is 0. The summed E-state index contributed by atoms with van der Waals surface area (Å²) in [6.45, 7) is 2.14. The van der Waals surface area contributed by atoms with Crippen LogP contribution in [0.2, 0.25) is 0 Å². The van der Waals surface area contributed by atoms with Gasteiger partial charge in [-0.05, 0) is 25.2 Å². The monoisotopic (exact) mass is 164 g/mol. The van der Waals surface area contributed by atoms with Crippen molar-refractivity contribution in [2.45, 2.75) is 39.0 Å². The van der Waals surface area contributed by atoms with Gasteiger partial charge >= 0.3 is 0 Å². The summed E-state index contributed by atoms with van der Waals surface area (Å²) in [6.07, 6.45) is 9.80. The molecule has 0 heterocycles. The lowest BCUT2D eigenvalue weighted by Gasteiger charge is -2.27. The molecule has 0 amide bonds. The molecule has 2 unspecified atom stereocenters. The molecule has 0 spiro atoms. The number of carbonyl (C=O) groups excluding carboxylic acids is 1. The first kappa shape index (κ1) is 8.03. The lowest BCUT2D eigenvalue weighted by Crippen LogP contribution is -2.30. The van der Waals surface area contributed by atoms with Gasteiger partial charge in [-0.25, -0.2) is 0 Å². The SMILES string of the molecule is CC12CC=CC1CCCCC2=O. The number of rotatable bonds is 0. The second kappa shape index (κ2) is 2.72. The van der Waals surface area contributed by atoms with Crippen LogP contribution >= 0.6 is 0 Å². The molecule has 1 saturated carbocycles. The van der Waals surface area contributed by atoms with Crippen molar-refractivity contribution in [1.29, 1.82) is 0 Å². The van der Waals surface area contributed by atoms with Gasteiger partial charge in [0.15, 0.2) is 0 Å². The highest BCUT2D eigenvalue weighted by molar-refractivity contribution is 5.86. The fraction of sp³-hybridized carbons (Fsp3) is 0.727. The zero-order valence-electron chi connectivity index (χ0n) is 7.68. The van der Waals surface area contributed by atoms with Gasteiger partial charge in [0.05, 0.1) is 0 Å². The van der Waals surface area contributed by atoms with E-state index in [0.717, 1.165) is 19.3 Å². The van der Waals surface area contributed by atoms with E-state index in [1.807, 2.05) is 0 Å². The van der Waals surface area contributed by atoms with Crippen LogP contribution < -0.4 is 0 Å². The molecule has 0 bridgehead atoms. The third kappa shape index (κ3) is 1.03. The van der Waals surface area contributed by atoms with Crippen molar-refractivity contribution < 1.29 is 4.79 Å². The molecule has 0 N–H and O–H groups in total. The van der Waals surface area contributed by atoms with Crippen molar-refractivity contribution in [3.63, 3.8) is 0 Å². The number of carbonyl (C=O) groups is 1. The second-order valence-corrected chi connectivity index (χ2v) is 4.33. The van der Waals surface area contributed by atoms with Crippen molar-refractivity contribution in [1.82, 2.24) is 0 Å². The van der Waals surface area contributed by atoms with Gasteiger partial charge in [-0.2, -0.15) is 0 Å². The molecule has 2 rings (SSSR count). The van der Waals surface area contributed by atoms with E-state index in [1.165, 1.54) is 12.8 Å². The molecule has 66 valence electrons. The van der Waals surface area contributed by atoms with E-state index < -0.39 is 0 Å². The molecule has 2 aliphatic rings. The van der Waals surface area contributed by atoms with Crippen molar-refractivity contribution >= 4 is 5.78 Å². The maximum atomic E-state index is 11.8. The van der Waals surface area contributed by atoms with Crippen LogP contribution in [0, 0.1) is 11.3 Å². The zero-order valence-corrected chi connectivity index (χ0v) is 7.68. The van der Waals surface area contributed by atoms with Gasteiger partial charge in [-0.3, -0.25) is 4.79 Å². The number of fused-ring (bicyclic) bond motifs is 1. The molecule has 1 heteroatoms. The summed E-state index contributed by atoms with van der Waals surface area (Å²) in [7, 11) is 0. The summed E-state index contributed by atoms with van der Waals surface area (Å²) < 4.78 is 0. The summed E-state index contributed by atoms with van der Waals surface area (Å²) in [5.41, 5.74) is -0.0174. The minimum atomic E-state index is -0.0174. The van der Waals surface area contributed by atoms with E-state index in [2.05, 4.69) is 19.1 Å². The average Bonchev–Trinajstić information content (AvgIpc) is 2.37. The van der Waals surface area contributed by atoms with E-state index in [4.69, 9.17) is 0 Å². The number of hydrogen-bond acceptors (Lipinski definition) is 1. The van der Waals surface area contributed by atoms with Gasteiger partial charge in [-0.1, -0.05) is 25.5 Å². The van der Waals surface area contributed by atoms with E-state index in [-0.39, 0.29) is 5.41 Å². The Morgan fingerprint density at radius 3 is 3.17 bits per heavy atom. The molecule has 1 fully saturated rings. The molecular weight excluding hydrogens is 148 g/mol. The first-order chi connectivity index (χ1) is 5.73. The topological polar surface area (TPSA) is 17.1 Å². The summed E-state index contributed by atoms with van der Waals surface area (Å²) in [6, 6.07) is 0. The first-order valence-corrected chi connectivity index (χ1v) is 4.93. The van der Waals surface area contributed by atoms with Crippen LogP contribution in [0.15, 0.2) is 12.2 Å². The number of Topliss-reactive ketones (excluding diaryl/α,β-unsaturated/α-hetero) is 1.